The Balaban J connectivity index is 2.03. The predicted molar refractivity (Wildman–Crippen MR) is 99.0 cm³/mol. The molecule has 3 aromatic rings. The first-order chi connectivity index (χ1) is 11.0. The summed E-state index contributed by atoms with van der Waals surface area (Å²) >= 11 is 1.81. The molecule has 1 unspecified atom stereocenters. The molecule has 0 aliphatic rings. The van der Waals surface area contributed by atoms with E-state index in [4.69, 9.17) is 0 Å². The predicted octanol–water partition coefficient (Wildman–Crippen LogP) is 5.79. The van der Waals surface area contributed by atoms with Crippen molar-refractivity contribution in [2.75, 3.05) is 0 Å². The van der Waals surface area contributed by atoms with Crippen LogP contribution in [0.3, 0.4) is 0 Å². The van der Waals surface area contributed by atoms with Gasteiger partial charge in [0.2, 0.25) is 0 Å². The molecule has 0 spiro atoms. The van der Waals surface area contributed by atoms with Gasteiger partial charge in [-0.1, -0.05) is 75.4 Å². The molecule has 0 amide bonds. The fourth-order valence-electron chi connectivity index (χ4n) is 2.66. The third-order valence-corrected chi connectivity index (χ3v) is 5.53. The zero-order chi connectivity index (χ0) is 16.4. The van der Waals surface area contributed by atoms with Crippen molar-refractivity contribution in [1.29, 1.82) is 0 Å². The van der Waals surface area contributed by atoms with Crippen LogP contribution in [0.25, 0.3) is 10.4 Å². The number of benzene rings is 2. The van der Waals surface area contributed by atoms with Gasteiger partial charge in [0, 0.05) is 9.75 Å². The maximum atomic E-state index is 10.8. The SMILES string of the molecule is CC(C)(C)c1ccc(-c2ccccc2C(O)c2ccccc2)s1. The van der Waals surface area contributed by atoms with E-state index < -0.39 is 6.10 Å². The molecule has 0 bridgehead atoms. The van der Waals surface area contributed by atoms with E-state index in [1.54, 1.807) is 0 Å². The lowest BCUT2D eigenvalue weighted by molar-refractivity contribution is 0.221. The summed E-state index contributed by atoms with van der Waals surface area (Å²) in [6.45, 7) is 6.69. The monoisotopic (exact) mass is 322 g/mol. The number of aliphatic hydroxyl groups excluding tert-OH is 1. The highest BCUT2D eigenvalue weighted by Gasteiger charge is 2.19. The van der Waals surface area contributed by atoms with Gasteiger partial charge in [0.1, 0.15) is 6.10 Å². The van der Waals surface area contributed by atoms with E-state index in [0.29, 0.717) is 0 Å². The Bertz CT molecular complexity index is 781. The minimum Gasteiger partial charge on any atom is -0.384 e. The molecule has 1 heterocycles. The average molecular weight is 322 g/mol. The Morgan fingerprint density at radius 3 is 2.13 bits per heavy atom. The third-order valence-electron chi connectivity index (χ3n) is 3.98. The van der Waals surface area contributed by atoms with Crippen LogP contribution in [0.5, 0.6) is 0 Å². The van der Waals surface area contributed by atoms with E-state index in [1.807, 2.05) is 59.9 Å². The first-order valence-corrected chi connectivity index (χ1v) is 8.71. The van der Waals surface area contributed by atoms with E-state index in [9.17, 15) is 5.11 Å². The molecule has 0 fully saturated rings. The van der Waals surface area contributed by atoms with Crippen LogP contribution in [-0.2, 0) is 5.41 Å². The van der Waals surface area contributed by atoms with Crippen LogP contribution >= 0.6 is 11.3 Å². The summed E-state index contributed by atoms with van der Waals surface area (Å²) in [5.41, 5.74) is 3.15. The van der Waals surface area contributed by atoms with Gasteiger partial charge in [0.25, 0.3) is 0 Å². The van der Waals surface area contributed by atoms with Crippen molar-refractivity contribution < 1.29 is 5.11 Å². The van der Waals surface area contributed by atoms with Gasteiger partial charge in [-0.15, -0.1) is 11.3 Å². The lowest BCUT2D eigenvalue weighted by atomic mass is 9.94. The summed E-state index contributed by atoms with van der Waals surface area (Å²) in [5.74, 6) is 0. The normalized spacial score (nSPS) is 13.0. The Hall–Kier alpha value is -1.90. The van der Waals surface area contributed by atoms with Crippen LogP contribution in [-0.4, -0.2) is 5.11 Å². The molecule has 0 saturated carbocycles. The van der Waals surface area contributed by atoms with E-state index in [-0.39, 0.29) is 5.41 Å². The molecule has 23 heavy (non-hydrogen) atoms. The molecule has 0 radical (unpaired) electrons. The van der Waals surface area contributed by atoms with Crippen molar-refractivity contribution >= 4 is 11.3 Å². The smallest absolute Gasteiger partial charge is 0.105 e. The average Bonchev–Trinajstić information content (AvgIpc) is 3.05. The van der Waals surface area contributed by atoms with E-state index in [2.05, 4.69) is 39.0 Å². The van der Waals surface area contributed by atoms with E-state index >= 15 is 0 Å². The van der Waals surface area contributed by atoms with Crippen molar-refractivity contribution in [2.45, 2.75) is 32.3 Å². The van der Waals surface area contributed by atoms with Crippen LogP contribution in [0, 0.1) is 0 Å². The summed E-state index contributed by atoms with van der Waals surface area (Å²) in [7, 11) is 0. The second kappa shape index (κ2) is 6.31. The van der Waals surface area contributed by atoms with Crippen molar-refractivity contribution in [3.63, 3.8) is 0 Å². The Morgan fingerprint density at radius 1 is 0.826 bits per heavy atom. The molecule has 2 heteroatoms. The molecule has 118 valence electrons. The third kappa shape index (κ3) is 3.39. The molecule has 1 N–H and O–H groups in total. The Labute approximate surface area is 142 Å². The van der Waals surface area contributed by atoms with Crippen LogP contribution in [0.1, 0.15) is 42.9 Å². The lowest BCUT2D eigenvalue weighted by Crippen LogP contribution is -2.07. The second-order valence-electron chi connectivity index (χ2n) is 6.81. The standard InChI is InChI=1S/C21H22OS/c1-21(2,3)19-14-13-18(23-19)16-11-7-8-12-17(16)20(22)15-9-5-4-6-10-15/h4-14,20,22H,1-3H3. The molecule has 0 saturated heterocycles. The first-order valence-electron chi connectivity index (χ1n) is 7.89. The number of hydrogen-bond donors (Lipinski definition) is 1. The molecule has 2 aromatic carbocycles. The molecular weight excluding hydrogens is 300 g/mol. The van der Waals surface area contributed by atoms with Gasteiger partial charge in [-0.2, -0.15) is 0 Å². The van der Waals surface area contributed by atoms with Gasteiger partial charge in [-0.3, -0.25) is 0 Å². The first kappa shape index (κ1) is 16.0. The van der Waals surface area contributed by atoms with Gasteiger partial charge in [-0.05, 0) is 34.2 Å². The zero-order valence-electron chi connectivity index (χ0n) is 13.8. The number of hydrogen-bond acceptors (Lipinski definition) is 2. The van der Waals surface area contributed by atoms with Gasteiger partial charge >= 0.3 is 0 Å². The van der Waals surface area contributed by atoms with Gasteiger partial charge in [0.15, 0.2) is 0 Å². The van der Waals surface area contributed by atoms with Crippen molar-refractivity contribution in [3.05, 3.63) is 82.7 Å². The van der Waals surface area contributed by atoms with Crippen LogP contribution in [0.2, 0.25) is 0 Å². The second-order valence-corrected chi connectivity index (χ2v) is 7.90. The fourth-order valence-corrected chi connectivity index (χ4v) is 3.77. The Morgan fingerprint density at radius 2 is 1.48 bits per heavy atom. The van der Waals surface area contributed by atoms with E-state index in [1.165, 1.54) is 9.75 Å². The minimum absolute atomic E-state index is 0.149. The molecular formula is C21H22OS. The maximum Gasteiger partial charge on any atom is 0.105 e. The van der Waals surface area contributed by atoms with E-state index in [0.717, 1.165) is 16.7 Å². The van der Waals surface area contributed by atoms with Gasteiger partial charge < -0.3 is 5.11 Å². The van der Waals surface area contributed by atoms with Gasteiger partial charge in [0.05, 0.1) is 0 Å². The topological polar surface area (TPSA) is 20.2 Å². The summed E-state index contributed by atoms with van der Waals surface area (Å²) < 4.78 is 0. The van der Waals surface area contributed by atoms with Crippen molar-refractivity contribution in [1.82, 2.24) is 0 Å². The van der Waals surface area contributed by atoms with Crippen molar-refractivity contribution in [2.24, 2.45) is 0 Å². The largest absolute Gasteiger partial charge is 0.384 e. The number of rotatable bonds is 3. The molecule has 1 nitrogen and oxygen atoms in total. The van der Waals surface area contributed by atoms with Crippen LogP contribution < -0.4 is 0 Å². The number of thiophene rings is 1. The molecule has 0 aliphatic carbocycles. The van der Waals surface area contributed by atoms with Gasteiger partial charge in [-0.25, -0.2) is 0 Å². The highest BCUT2D eigenvalue weighted by atomic mass is 32.1. The molecule has 1 atom stereocenters. The maximum absolute atomic E-state index is 10.8. The summed E-state index contributed by atoms with van der Waals surface area (Å²) in [6, 6.07) is 22.3. The molecule has 3 rings (SSSR count). The summed E-state index contributed by atoms with van der Waals surface area (Å²) in [4.78, 5) is 2.57. The number of aliphatic hydroxyl groups is 1. The summed E-state index contributed by atoms with van der Waals surface area (Å²) in [5, 5.41) is 10.8. The molecule has 1 aromatic heterocycles. The fraction of sp³-hybridized carbons (Fsp3) is 0.238. The van der Waals surface area contributed by atoms with Crippen LogP contribution in [0.4, 0.5) is 0 Å². The molecule has 0 aliphatic heterocycles. The minimum atomic E-state index is -0.604. The highest BCUT2D eigenvalue weighted by Crippen LogP contribution is 2.38. The quantitative estimate of drug-likeness (QED) is 0.646. The summed E-state index contributed by atoms with van der Waals surface area (Å²) in [6.07, 6.45) is -0.604. The lowest BCUT2D eigenvalue weighted by Gasteiger charge is -2.17. The van der Waals surface area contributed by atoms with Crippen LogP contribution in [0.15, 0.2) is 66.7 Å². The highest BCUT2D eigenvalue weighted by molar-refractivity contribution is 7.15. The zero-order valence-corrected chi connectivity index (χ0v) is 14.6. The Kier molecular flexibility index (Phi) is 4.38. The van der Waals surface area contributed by atoms with Crippen molar-refractivity contribution in [3.8, 4) is 10.4 Å².